The summed E-state index contributed by atoms with van der Waals surface area (Å²) < 4.78 is 10.9. The summed E-state index contributed by atoms with van der Waals surface area (Å²) >= 11 is 0. The smallest absolute Gasteiger partial charge is 0.258 e. The summed E-state index contributed by atoms with van der Waals surface area (Å²) in [5, 5.41) is 5.13. The summed E-state index contributed by atoms with van der Waals surface area (Å²) in [6.07, 6.45) is 0. The Morgan fingerprint density at radius 2 is 1.76 bits per heavy atom. The molecule has 4 aromatic rings. The number of para-hydroxylation sites is 1. The van der Waals surface area contributed by atoms with Gasteiger partial charge in [0.05, 0.1) is 18.2 Å². The molecule has 124 valence electrons. The van der Waals surface area contributed by atoms with Gasteiger partial charge >= 0.3 is 0 Å². The summed E-state index contributed by atoms with van der Waals surface area (Å²) in [6, 6.07) is 16.0. The normalized spacial score (nSPS) is 11.0. The molecule has 5 heteroatoms. The molecular formula is C20H17N3O2. The van der Waals surface area contributed by atoms with Gasteiger partial charge in [0.2, 0.25) is 11.7 Å². The second-order valence-electron chi connectivity index (χ2n) is 5.98. The Balaban J connectivity index is 1.83. The fraction of sp³-hybridized carbons (Fsp3) is 0.150. The van der Waals surface area contributed by atoms with Crippen LogP contribution < -0.4 is 4.74 Å². The average molecular weight is 331 g/mol. The number of nitrogens with zero attached hydrogens (tertiary/aromatic N) is 3. The molecule has 0 spiro atoms. The molecule has 0 saturated carbocycles. The largest absolute Gasteiger partial charge is 0.480 e. The molecule has 0 N–H and O–H groups in total. The first-order valence-corrected chi connectivity index (χ1v) is 8.01. The zero-order valence-electron chi connectivity index (χ0n) is 14.3. The van der Waals surface area contributed by atoms with Crippen molar-refractivity contribution in [3.8, 4) is 28.7 Å². The van der Waals surface area contributed by atoms with Crippen molar-refractivity contribution in [1.29, 1.82) is 0 Å². The van der Waals surface area contributed by atoms with Crippen LogP contribution in [-0.4, -0.2) is 22.2 Å². The van der Waals surface area contributed by atoms with Crippen molar-refractivity contribution in [2.75, 3.05) is 7.11 Å². The van der Waals surface area contributed by atoms with Gasteiger partial charge < -0.3 is 9.26 Å². The van der Waals surface area contributed by atoms with Crippen LogP contribution in [0.25, 0.3) is 33.7 Å². The first kappa shape index (κ1) is 15.3. The van der Waals surface area contributed by atoms with E-state index in [-0.39, 0.29) is 0 Å². The number of rotatable bonds is 3. The van der Waals surface area contributed by atoms with Crippen LogP contribution in [0, 0.1) is 13.8 Å². The monoisotopic (exact) mass is 331 g/mol. The minimum Gasteiger partial charge on any atom is -0.480 e. The maximum absolute atomic E-state index is 5.46. The molecular weight excluding hydrogens is 314 g/mol. The number of fused-ring (bicyclic) bond motifs is 1. The minimum absolute atomic E-state index is 0.461. The predicted molar refractivity (Wildman–Crippen MR) is 96.5 cm³/mol. The molecule has 2 aromatic carbocycles. The van der Waals surface area contributed by atoms with E-state index in [0.29, 0.717) is 23.2 Å². The lowest BCUT2D eigenvalue weighted by Crippen LogP contribution is -1.95. The van der Waals surface area contributed by atoms with E-state index in [9.17, 15) is 0 Å². The molecule has 0 amide bonds. The summed E-state index contributed by atoms with van der Waals surface area (Å²) in [5.74, 6) is 1.42. The lowest BCUT2D eigenvalue weighted by molar-refractivity contribution is 0.399. The fourth-order valence-electron chi connectivity index (χ4n) is 2.79. The number of benzene rings is 2. The van der Waals surface area contributed by atoms with E-state index >= 15 is 0 Å². The maximum atomic E-state index is 5.46. The maximum Gasteiger partial charge on any atom is 0.258 e. The van der Waals surface area contributed by atoms with Crippen LogP contribution in [0.3, 0.4) is 0 Å². The Morgan fingerprint density at radius 1 is 0.960 bits per heavy atom. The molecule has 0 aliphatic heterocycles. The van der Waals surface area contributed by atoms with Gasteiger partial charge in [0.15, 0.2) is 0 Å². The Bertz CT molecular complexity index is 1050. The van der Waals surface area contributed by atoms with E-state index in [4.69, 9.17) is 9.26 Å². The highest BCUT2D eigenvalue weighted by Gasteiger charge is 2.17. The van der Waals surface area contributed by atoms with Crippen molar-refractivity contribution in [3.63, 3.8) is 0 Å². The Kier molecular flexibility index (Phi) is 3.69. The Morgan fingerprint density at radius 3 is 2.52 bits per heavy atom. The SMILES string of the molecule is COc1nc2c(C)cccc2cc1-c1noc(-c2ccc(C)cc2)n1. The van der Waals surface area contributed by atoms with E-state index in [1.54, 1.807) is 7.11 Å². The fourth-order valence-corrected chi connectivity index (χ4v) is 2.79. The molecule has 0 fully saturated rings. The number of methoxy groups -OCH3 is 1. The molecule has 0 saturated heterocycles. The van der Waals surface area contributed by atoms with Crippen LogP contribution in [0.2, 0.25) is 0 Å². The molecule has 4 rings (SSSR count). The van der Waals surface area contributed by atoms with Crippen LogP contribution >= 0.6 is 0 Å². The third-order valence-corrected chi connectivity index (χ3v) is 4.17. The van der Waals surface area contributed by atoms with Gasteiger partial charge in [-0.1, -0.05) is 41.1 Å². The lowest BCUT2D eigenvalue weighted by atomic mass is 10.1. The van der Waals surface area contributed by atoms with E-state index in [2.05, 4.69) is 15.1 Å². The van der Waals surface area contributed by atoms with Crippen LogP contribution in [0.15, 0.2) is 53.1 Å². The van der Waals surface area contributed by atoms with Crippen molar-refractivity contribution >= 4 is 10.9 Å². The van der Waals surface area contributed by atoms with Crippen molar-refractivity contribution in [3.05, 3.63) is 59.7 Å². The van der Waals surface area contributed by atoms with E-state index in [0.717, 1.165) is 22.0 Å². The summed E-state index contributed by atoms with van der Waals surface area (Å²) in [5.41, 5.74) is 4.77. The highest BCUT2D eigenvalue weighted by atomic mass is 16.5. The van der Waals surface area contributed by atoms with Gasteiger partial charge in [0, 0.05) is 10.9 Å². The highest BCUT2D eigenvalue weighted by molar-refractivity contribution is 5.87. The molecule has 0 aliphatic carbocycles. The Hall–Kier alpha value is -3.21. The third-order valence-electron chi connectivity index (χ3n) is 4.17. The van der Waals surface area contributed by atoms with Crippen molar-refractivity contribution in [2.24, 2.45) is 0 Å². The molecule has 0 atom stereocenters. The first-order chi connectivity index (χ1) is 12.2. The number of pyridine rings is 1. The lowest BCUT2D eigenvalue weighted by Gasteiger charge is -2.08. The molecule has 0 aliphatic rings. The van der Waals surface area contributed by atoms with Gasteiger partial charge in [-0.15, -0.1) is 0 Å². The second-order valence-corrected chi connectivity index (χ2v) is 5.98. The van der Waals surface area contributed by atoms with Gasteiger partial charge in [-0.2, -0.15) is 4.98 Å². The van der Waals surface area contributed by atoms with Gasteiger partial charge in [-0.3, -0.25) is 0 Å². The average Bonchev–Trinajstić information content (AvgIpc) is 3.11. The van der Waals surface area contributed by atoms with Crippen molar-refractivity contribution in [2.45, 2.75) is 13.8 Å². The van der Waals surface area contributed by atoms with Gasteiger partial charge in [0.25, 0.3) is 5.89 Å². The second kappa shape index (κ2) is 6.02. The highest BCUT2D eigenvalue weighted by Crippen LogP contribution is 2.32. The molecule has 25 heavy (non-hydrogen) atoms. The number of hydrogen-bond donors (Lipinski definition) is 0. The zero-order valence-corrected chi connectivity index (χ0v) is 14.3. The van der Waals surface area contributed by atoms with Crippen LogP contribution in [-0.2, 0) is 0 Å². The van der Waals surface area contributed by atoms with Gasteiger partial charge in [-0.25, -0.2) is 4.98 Å². The first-order valence-electron chi connectivity index (χ1n) is 8.01. The Labute approximate surface area is 145 Å². The topological polar surface area (TPSA) is 61.0 Å². The van der Waals surface area contributed by atoms with Gasteiger partial charge in [0.1, 0.15) is 0 Å². The van der Waals surface area contributed by atoms with E-state index in [1.165, 1.54) is 5.56 Å². The van der Waals surface area contributed by atoms with E-state index in [1.807, 2.05) is 62.4 Å². The number of ether oxygens (including phenoxy) is 1. The van der Waals surface area contributed by atoms with Crippen LogP contribution in [0.4, 0.5) is 0 Å². The molecule has 0 radical (unpaired) electrons. The number of aryl methyl sites for hydroxylation is 2. The van der Waals surface area contributed by atoms with Crippen LogP contribution in [0.1, 0.15) is 11.1 Å². The number of aromatic nitrogens is 3. The quantitative estimate of drug-likeness (QED) is 0.550. The van der Waals surface area contributed by atoms with Gasteiger partial charge in [-0.05, 0) is 37.6 Å². The van der Waals surface area contributed by atoms with E-state index < -0.39 is 0 Å². The van der Waals surface area contributed by atoms with Crippen molar-refractivity contribution in [1.82, 2.24) is 15.1 Å². The molecule has 0 unspecified atom stereocenters. The molecule has 2 aromatic heterocycles. The minimum atomic E-state index is 0.461. The summed E-state index contributed by atoms with van der Waals surface area (Å²) in [6.45, 7) is 4.06. The third kappa shape index (κ3) is 2.74. The molecule has 5 nitrogen and oxygen atoms in total. The zero-order chi connectivity index (χ0) is 17.4. The molecule has 2 heterocycles. The summed E-state index contributed by atoms with van der Waals surface area (Å²) in [4.78, 5) is 9.14. The molecule has 0 bridgehead atoms. The van der Waals surface area contributed by atoms with Crippen molar-refractivity contribution < 1.29 is 9.26 Å². The van der Waals surface area contributed by atoms with Crippen LogP contribution in [0.5, 0.6) is 5.88 Å². The standard InChI is InChI=1S/C20H17N3O2/c1-12-7-9-14(10-8-12)19-22-18(23-25-19)16-11-15-6-4-5-13(2)17(15)21-20(16)24-3/h4-11H,1-3H3. The number of hydrogen-bond acceptors (Lipinski definition) is 5. The summed E-state index contributed by atoms with van der Waals surface area (Å²) in [7, 11) is 1.59. The predicted octanol–water partition coefficient (Wildman–Crippen LogP) is 4.58.